The van der Waals surface area contributed by atoms with Gasteiger partial charge in [-0.1, -0.05) is 18.2 Å². The van der Waals surface area contributed by atoms with Crippen molar-refractivity contribution in [1.29, 1.82) is 0 Å². The number of benzene rings is 1. The van der Waals surface area contributed by atoms with E-state index in [0.717, 1.165) is 5.70 Å². The number of carbonyl (C=O) groups excluding carboxylic acids is 1. The van der Waals surface area contributed by atoms with Crippen LogP contribution in [-0.2, 0) is 4.79 Å². The van der Waals surface area contributed by atoms with Crippen LogP contribution < -0.4 is 4.74 Å². The summed E-state index contributed by atoms with van der Waals surface area (Å²) in [7, 11) is 0. The molecule has 0 fully saturated rings. The molecule has 1 heterocycles. The van der Waals surface area contributed by atoms with Gasteiger partial charge >= 0.3 is 12.1 Å². The molecule has 1 amide bonds. The fraction of sp³-hybridized carbons (Fsp3) is 0.391. The minimum absolute atomic E-state index is 0.0451. The highest BCUT2D eigenvalue weighted by molar-refractivity contribution is 5.97. The van der Waals surface area contributed by atoms with Crippen LogP contribution in [0.3, 0.4) is 0 Å². The molecule has 1 aliphatic carbocycles. The predicted molar refractivity (Wildman–Crippen MR) is 108 cm³/mol. The maximum atomic E-state index is 13.2. The fourth-order valence-electron chi connectivity index (χ4n) is 4.06. The Kier molecular flexibility index (Phi) is 6.29. The quantitative estimate of drug-likeness (QED) is 0.589. The first kappa shape index (κ1) is 22.7. The van der Waals surface area contributed by atoms with Crippen LogP contribution in [-0.4, -0.2) is 34.7 Å². The zero-order chi connectivity index (χ0) is 22.8. The highest BCUT2D eigenvalue weighted by Crippen LogP contribution is 2.50. The first-order chi connectivity index (χ1) is 14.5. The Bertz CT molecular complexity index is 947. The van der Waals surface area contributed by atoms with Crippen LogP contribution >= 0.6 is 0 Å². The third-order valence-electron chi connectivity index (χ3n) is 5.59. The third kappa shape index (κ3) is 5.00. The Labute approximate surface area is 178 Å². The number of halogens is 3. The Morgan fingerprint density at radius 3 is 2.52 bits per heavy atom. The van der Waals surface area contributed by atoms with Gasteiger partial charge in [0.1, 0.15) is 5.75 Å². The van der Waals surface area contributed by atoms with Gasteiger partial charge in [0.2, 0.25) is 0 Å². The molecule has 0 aromatic heterocycles. The molecule has 8 heteroatoms. The number of amides is 1. The molecule has 3 rings (SSSR count). The zero-order valence-electron chi connectivity index (χ0n) is 17.3. The summed E-state index contributed by atoms with van der Waals surface area (Å²) in [6, 6.07) is 6.24. The SMILES string of the molecule is CC1=CC2(C)C(=CC=CC2CC(=O)O)N1C(=O)c1ccc(OCCCC(F)(F)F)cc1. The van der Waals surface area contributed by atoms with E-state index in [-0.39, 0.29) is 31.3 Å². The Morgan fingerprint density at radius 2 is 1.90 bits per heavy atom. The number of fused-ring (bicyclic) bond motifs is 1. The predicted octanol–water partition coefficient (Wildman–Crippen LogP) is 5.32. The zero-order valence-corrected chi connectivity index (χ0v) is 17.3. The van der Waals surface area contributed by atoms with Crippen molar-refractivity contribution in [2.24, 2.45) is 11.3 Å². The molecule has 2 unspecified atom stereocenters. The monoisotopic (exact) mass is 435 g/mol. The van der Waals surface area contributed by atoms with E-state index >= 15 is 0 Å². The summed E-state index contributed by atoms with van der Waals surface area (Å²) in [6.07, 6.45) is 2.07. The van der Waals surface area contributed by atoms with E-state index in [9.17, 15) is 27.9 Å². The number of aliphatic carboxylic acids is 1. The number of carboxylic acids is 1. The Hall–Kier alpha value is -3.03. The van der Waals surface area contributed by atoms with Gasteiger partial charge in [-0.25, -0.2) is 0 Å². The van der Waals surface area contributed by atoms with Gasteiger partial charge in [-0.05, 0) is 50.6 Å². The van der Waals surface area contributed by atoms with Gasteiger partial charge in [0.25, 0.3) is 5.91 Å². The lowest BCUT2D eigenvalue weighted by molar-refractivity contribution is -0.138. The molecule has 1 aliphatic heterocycles. The topological polar surface area (TPSA) is 66.8 Å². The van der Waals surface area contributed by atoms with Crippen molar-refractivity contribution in [3.05, 3.63) is 65.5 Å². The largest absolute Gasteiger partial charge is 0.494 e. The first-order valence-corrected chi connectivity index (χ1v) is 9.95. The summed E-state index contributed by atoms with van der Waals surface area (Å²) >= 11 is 0. The number of rotatable bonds is 7. The van der Waals surface area contributed by atoms with E-state index in [1.165, 1.54) is 0 Å². The molecule has 0 spiro atoms. The van der Waals surface area contributed by atoms with E-state index in [0.29, 0.717) is 17.0 Å². The minimum atomic E-state index is -4.21. The van der Waals surface area contributed by atoms with Crippen molar-refractivity contribution in [2.45, 2.75) is 39.3 Å². The van der Waals surface area contributed by atoms with E-state index in [2.05, 4.69) is 0 Å². The van der Waals surface area contributed by atoms with Crippen molar-refractivity contribution in [2.75, 3.05) is 6.61 Å². The molecule has 1 N–H and O–H groups in total. The highest BCUT2D eigenvalue weighted by atomic mass is 19.4. The molecule has 2 atom stereocenters. The van der Waals surface area contributed by atoms with Crippen molar-refractivity contribution < 1.29 is 32.6 Å². The van der Waals surface area contributed by atoms with Crippen LogP contribution in [0.1, 0.15) is 43.5 Å². The summed E-state index contributed by atoms with van der Waals surface area (Å²) in [5, 5.41) is 9.24. The summed E-state index contributed by atoms with van der Waals surface area (Å²) in [5.74, 6) is -1.06. The molecule has 166 valence electrons. The average Bonchev–Trinajstić information content (AvgIpc) is 2.95. The van der Waals surface area contributed by atoms with E-state index < -0.39 is 24.0 Å². The number of carboxylic acid groups (broad SMARTS) is 1. The van der Waals surface area contributed by atoms with Gasteiger partial charge in [0.15, 0.2) is 0 Å². The lowest BCUT2D eigenvalue weighted by Gasteiger charge is -2.36. The van der Waals surface area contributed by atoms with Crippen LogP contribution in [0.2, 0.25) is 0 Å². The molecular formula is C23H24F3NO4. The number of allylic oxidation sites excluding steroid dienone is 5. The maximum absolute atomic E-state index is 13.2. The van der Waals surface area contributed by atoms with E-state index in [1.807, 2.05) is 25.2 Å². The van der Waals surface area contributed by atoms with E-state index in [1.54, 1.807) is 42.2 Å². The summed E-state index contributed by atoms with van der Waals surface area (Å²) in [6.45, 7) is 3.66. The van der Waals surface area contributed by atoms with Crippen molar-refractivity contribution in [1.82, 2.24) is 4.90 Å². The van der Waals surface area contributed by atoms with E-state index in [4.69, 9.17) is 4.74 Å². The molecule has 31 heavy (non-hydrogen) atoms. The summed E-state index contributed by atoms with van der Waals surface area (Å²) < 4.78 is 41.9. The Balaban J connectivity index is 1.70. The highest BCUT2D eigenvalue weighted by Gasteiger charge is 2.46. The van der Waals surface area contributed by atoms with Crippen LogP contribution in [0.15, 0.2) is 60.0 Å². The van der Waals surface area contributed by atoms with Gasteiger partial charge in [-0.2, -0.15) is 13.2 Å². The standard InChI is InChI=1S/C23H24F3NO4/c1-15-14-22(2)17(13-20(28)29)5-3-6-19(22)27(15)21(30)16-7-9-18(10-8-16)31-12-4-11-23(24,25)26/h3,5-10,14,17H,4,11-13H2,1-2H3,(H,28,29). The number of ether oxygens (including phenoxy) is 1. The van der Waals surface area contributed by atoms with Crippen LogP contribution in [0.4, 0.5) is 13.2 Å². The van der Waals surface area contributed by atoms with Crippen LogP contribution in [0, 0.1) is 11.3 Å². The molecule has 1 aromatic carbocycles. The van der Waals surface area contributed by atoms with Crippen LogP contribution in [0.25, 0.3) is 0 Å². The molecule has 1 aromatic rings. The Morgan fingerprint density at radius 1 is 1.23 bits per heavy atom. The molecule has 0 saturated carbocycles. The second kappa shape index (κ2) is 8.61. The van der Waals surface area contributed by atoms with Gasteiger partial charge in [0.05, 0.1) is 13.0 Å². The molecular weight excluding hydrogens is 411 g/mol. The molecule has 0 bridgehead atoms. The molecule has 0 radical (unpaired) electrons. The molecule has 0 saturated heterocycles. The van der Waals surface area contributed by atoms with Gasteiger partial charge in [0, 0.05) is 34.7 Å². The number of alkyl halides is 3. The smallest absolute Gasteiger partial charge is 0.389 e. The van der Waals surface area contributed by atoms with Crippen LogP contribution in [0.5, 0.6) is 5.75 Å². The maximum Gasteiger partial charge on any atom is 0.389 e. The number of carbonyl (C=O) groups is 2. The third-order valence-corrected chi connectivity index (χ3v) is 5.59. The lowest BCUT2D eigenvalue weighted by atomic mass is 9.71. The molecule has 2 aliphatic rings. The van der Waals surface area contributed by atoms with Gasteiger partial charge in [-0.3, -0.25) is 14.5 Å². The lowest BCUT2D eigenvalue weighted by Crippen LogP contribution is -2.35. The summed E-state index contributed by atoms with van der Waals surface area (Å²) in [4.78, 5) is 26.1. The van der Waals surface area contributed by atoms with Gasteiger partial charge < -0.3 is 9.84 Å². The fourth-order valence-corrected chi connectivity index (χ4v) is 4.06. The van der Waals surface area contributed by atoms with Crippen molar-refractivity contribution in [3.8, 4) is 5.75 Å². The first-order valence-electron chi connectivity index (χ1n) is 9.95. The number of hydrogen-bond donors (Lipinski definition) is 1. The minimum Gasteiger partial charge on any atom is -0.494 e. The second-order valence-electron chi connectivity index (χ2n) is 7.94. The number of hydrogen-bond acceptors (Lipinski definition) is 3. The molecule has 5 nitrogen and oxygen atoms in total. The normalized spacial score (nSPS) is 22.6. The van der Waals surface area contributed by atoms with Crippen molar-refractivity contribution >= 4 is 11.9 Å². The number of nitrogens with zero attached hydrogens (tertiary/aromatic N) is 1. The van der Waals surface area contributed by atoms with Crippen molar-refractivity contribution in [3.63, 3.8) is 0 Å². The summed E-state index contributed by atoms with van der Waals surface area (Å²) in [5.41, 5.74) is 1.22. The average molecular weight is 435 g/mol. The second-order valence-corrected chi connectivity index (χ2v) is 7.94. The van der Waals surface area contributed by atoms with Gasteiger partial charge in [-0.15, -0.1) is 0 Å².